The Morgan fingerprint density at radius 2 is 1.79 bits per heavy atom. The lowest BCUT2D eigenvalue weighted by Gasteiger charge is -2.20. The number of carbonyl (C=O) groups is 2. The van der Waals surface area contributed by atoms with Gasteiger partial charge >= 0.3 is 5.97 Å². The van der Waals surface area contributed by atoms with Crippen molar-refractivity contribution < 1.29 is 19.2 Å². The third-order valence-electron chi connectivity index (χ3n) is 4.71. The average Bonchev–Trinajstić information content (AvgIpc) is 3.15. The van der Waals surface area contributed by atoms with Gasteiger partial charge in [-0.25, -0.2) is 9.78 Å². The zero-order valence-corrected chi connectivity index (χ0v) is 18.0. The molecule has 0 fully saturated rings. The number of hydrogen-bond donors (Lipinski definition) is 1. The van der Waals surface area contributed by atoms with Crippen molar-refractivity contribution in [3.63, 3.8) is 0 Å². The normalized spacial score (nSPS) is 11.1. The summed E-state index contributed by atoms with van der Waals surface area (Å²) >= 11 is 1.53. The first-order valence-corrected chi connectivity index (χ1v) is 10.4. The predicted molar refractivity (Wildman–Crippen MR) is 116 cm³/mol. The van der Waals surface area contributed by atoms with Crippen molar-refractivity contribution in [1.82, 2.24) is 4.98 Å². The molecule has 2 aromatic carbocycles. The van der Waals surface area contributed by atoms with Gasteiger partial charge in [0.1, 0.15) is 0 Å². The number of nitrogens with zero attached hydrogens (tertiary/aromatic N) is 2. The Morgan fingerprint density at radius 3 is 2.41 bits per heavy atom. The highest BCUT2D eigenvalue weighted by Crippen LogP contribution is 2.30. The zero-order chi connectivity index (χ0) is 21.0. The van der Waals surface area contributed by atoms with E-state index in [9.17, 15) is 9.59 Å². The second-order valence-corrected chi connectivity index (χ2v) is 8.14. The number of quaternary nitrogens is 1. The van der Waals surface area contributed by atoms with E-state index in [4.69, 9.17) is 9.72 Å². The van der Waals surface area contributed by atoms with Gasteiger partial charge in [0.25, 0.3) is 5.91 Å². The number of esters is 1. The van der Waals surface area contributed by atoms with Crippen molar-refractivity contribution >= 4 is 38.6 Å². The number of methoxy groups -OCH3 is 1. The van der Waals surface area contributed by atoms with Crippen molar-refractivity contribution in [3.05, 3.63) is 59.2 Å². The molecule has 1 N–H and O–H groups in total. The van der Waals surface area contributed by atoms with Crippen LogP contribution >= 0.6 is 11.3 Å². The number of rotatable bonds is 7. The van der Waals surface area contributed by atoms with Crippen LogP contribution in [0.25, 0.3) is 10.2 Å². The maximum atomic E-state index is 13.3. The van der Waals surface area contributed by atoms with Gasteiger partial charge in [-0.3, -0.25) is 9.69 Å². The first-order valence-electron chi connectivity index (χ1n) is 9.61. The van der Waals surface area contributed by atoms with Gasteiger partial charge in [0, 0.05) is 5.56 Å². The molecule has 0 radical (unpaired) electrons. The molecule has 1 amide bonds. The Bertz CT molecular complexity index is 1010. The molecule has 1 heterocycles. The molecule has 0 spiro atoms. The SMILES string of the molecule is CCc1ccc2nc(N(CC[NH+](C)C)C(=O)c3ccc(C(=O)OC)cc3)sc2c1. The van der Waals surface area contributed by atoms with Gasteiger partial charge in [-0.1, -0.05) is 24.3 Å². The molecule has 0 aliphatic rings. The summed E-state index contributed by atoms with van der Waals surface area (Å²) < 4.78 is 5.80. The number of thiazole rings is 1. The number of aryl methyl sites for hydroxylation is 1. The number of anilines is 1. The minimum Gasteiger partial charge on any atom is -0.465 e. The van der Waals surface area contributed by atoms with Crippen LogP contribution in [-0.2, 0) is 11.2 Å². The van der Waals surface area contributed by atoms with Crippen LogP contribution in [0.2, 0.25) is 0 Å². The van der Waals surface area contributed by atoms with Crippen LogP contribution in [0.3, 0.4) is 0 Å². The zero-order valence-electron chi connectivity index (χ0n) is 17.2. The van der Waals surface area contributed by atoms with Crippen molar-refractivity contribution in [1.29, 1.82) is 0 Å². The van der Waals surface area contributed by atoms with E-state index in [1.807, 2.05) is 6.07 Å². The maximum Gasteiger partial charge on any atom is 0.337 e. The van der Waals surface area contributed by atoms with Crippen LogP contribution in [0, 0.1) is 0 Å². The van der Waals surface area contributed by atoms with Gasteiger partial charge in [0.15, 0.2) is 5.13 Å². The van der Waals surface area contributed by atoms with Gasteiger partial charge in [0.05, 0.1) is 50.1 Å². The standard InChI is InChI=1S/C22H25N3O3S/c1-5-15-6-11-18-19(14-15)29-22(23-18)25(13-12-24(2)3)20(26)16-7-9-17(10-8-16)21(27)28-4/h6-11,14H,5,12-13H2,1-4H3/p+1. The van der Waals surface area contributed by atoms with E-state index in [-0.39, 0.29) is 5.91 Å². The minimum atomic E-state index is -0.421. The van der Waals surface area contributed by atoms with E-state index in [0.29, 0.717) is 22.8 Å². The predicted octanol–water partition coefficient (Wildman–Crippen LogP) is 2.44. The van der Waals surface area contributed by atoms with Crippen LogP contribution in [0.1, 0.15) is 33.2 Å². The number of likely N-dealkylation sites (N-methyl/N-ethyl adjacent to an activating group) is 1. The molecule has 3 aromatic rings. The summed E-state index contributed by atoms with van der Waals surface area (Å²) in [7, 11) is 5.45. The highest BCUT2D eigenvalue weighted by atomic mass is 32.1. The first kappa shape index (κ1) is 21.0. The number of carbonyl (C=O) groups excluding carboxylic acids is 2. The first-order chi connectivity index (χ1) is 13.9. The number of hydrogen-bond acceptors (Lipinski definition) is 5. The van der Waals surface area contributed by atoms with Crippen molar-refractivity contribution in [2.45, 2.75) is 13.3 Å². The fourth-order valence-corrected chi connectivity index (χ4v) is 3.99. The lowest BCUT2D eigenvalue weighted by Crippen LogP contribution is -3.06. The van der Waals surface area contributed by atoms with Crippen LogP contribution in [0.4, 0.5) is 5.13 Å². The summed E-state index contributed by atoms with van der Waals surface area (Å²) in [5.41, 5.74) is 3.08. The highest BCUT2D eigenvalue weighted by Gasteiger charge is 2.22. The van der Waals surface area contributed by atoms with Crippen LogP contribution in [-0.4, -0.2) is 51.2 Å². The minimum absolute atomic E-state index is 0.127. The van der Waals surface area contributed by atoms with Gasteiger partial charge in [-0.15, -0.1) is 0 Å². The summed E-state index contributed by atoms with van der Waals surface area (Å²) in [5.74, 6) is -0.549. The Morgan fingerprint density at radius 1 is 1.10 bits per heavy atom. The number of ether oxygens (including phenoxy) is 1. The summed E-state index contributed by atoms with van der Waals surface area (Å²) in [6, 6.07) is 12.8. The van der Waals surface area contributed by atoms with Crippen LogP contribution in [0.15, 0.2) is 42.5 Å². The Hall–Kier alpha value is -2.77. The molecule has 0 bridgehead atoms. The quantitative estimate of drug-likeness (QED) is 0.606. The van der Waals surface area contributed by atoms with Crippen molar-refractivity contribution in [2.75, 3.05) is 39.2 Å². The van der Waals surface area contributed by atoms with Gasteiger partial charge in [-0.05, 0) is 48.4 Å². The third-order valence-corrected chi connectivity index (χ3v) is 5.76. The number of fused-ring (bicyclic) bond motifs is 1. The third kappa shape index (κ3) is 4.81. The van der Waals surface area contributed by atoms with Crippen LogP contribution in [0.5, 0.6) is 0 Å². The lowest BCUT2D eigenvalue weighted by molar-refractivity contribution is -0.856. The van der Waals surface area contributed by atoms with Gasteiger partial charge < -0.3 is 9.64 Å². The monoisotopic (exact) mass is 412 g/mol. The smallest absolute Gasteiger partial charge is 0.337 e. The van der Waals surface area contributed by atoms with Gasteiger partial charge in [0.2, 0.25) is 0 Å². The molecule has 0 saturated heterocycles. The lowest BCUT2D eigenvalue weighted by atomic mass is 10.1. The molecule has 0 saturated carbocycles. The topological polar surface area (TPSA) is 63.9 Å². The Labute approximate surface area is 174 Å². The second-order valence-electron chi connectivity index (χ2n) is 7.13. The Balaban J connectivity index is 1.94. The molecular formula is C22H26N3O3S+. The molecular weight excluding hydrogens is 386 g/mol. The number of benzene rings is 2. The van der Waals surface area contributed by atoms with E-state index in [1.165, 1.54) is 28.9 Å². The highest BCUT2D eigenvalue weighted by molar-refractivity contribution is 7.22. The molecule has 0 aliphatic carbocycles. The fraction of sp³-hybridized carbons (Fsp3) is 0.318. The molecule has 0 atom stereocenters. The number of amides is 1. The number of nitrogens with one attached hydrogen (secondary N) is 1. The molecule has 152 valence electrons. The van der Waals surface area contributed by atoms with Crippen molar-refractivity contribution in [2.24, 2.45) is 0 Å². The van der Waals surface area contributed by atoms with Crippen LogP contribution < -0.4 is 9.80 Å². The van der Waals surface area contributed by atoms with Gasteiger partial charge in [-0.2, -0.15) is 0 Å². The molecule has 7 heteroatoms. The summed E-state index contributed by atoms with van der Waals surface area (Å²) in [6.07, 6.45) is 0.961. The summed E-state index contributed by atoms with van der Waals surface area (Å²) in [5, 5.41) is 0.691. The molecule has 6 nitrogen and oxygen atoms in total. The van der Waals surface area contributed by atoms with E-state index in [0.717, 1.165) is 23.2 Å². The molecule has 0 unspecified atom stereocenters. The molecule has 1 aromatic heterocycles. The summed E-state index contributed by atoms with van der Waals surface area (Å²) in [4.78, 5) is 32.6. The van der Waals surface area contributed by atoms with E-state index in [1.54, 1.807) is 29.2 Å². The molecule has 29 heavy (non-hydrogen) atoms. The average molecular weight is 413 g/mol. The molecule has 3 rings (SSSR count). The number of aromatic nitrogens is 1. The molecule has 0 aliphatic heterocycles. The van der Waals surface area contributed by atoms with E-state index in [2.05, 4.69) is 33.2 Å². The Kier molecular flexibility index (Phi) is 6.61. The fourth-order valence-electron chi connectivity index (χ4n) is 2.93. The maximum absolute atomic E-state index is 13.3. The second kappa shape index (κ2) is 9.15. The summed E-state index contributed by atoms with van der Waals surface area (Å²) in [6.45, 7) is 3.47. The largest absolute Gasteiger partial charge is 0.465 e. The van der Waals surface area contributed by atoms with E-state index < -0.39 is 5.97 Å². The van der Waals surface area contributed by atoms with E-state index >= 15 is 0 Å². The van der Waals surface area contributed by atoms with Crippen molar-refractivity contribution in [3.8, 4) is 0 Å².